The summed E-state index contributed by atoms with van der Waals surface area (Å²) in [6.45, 7) is 5.59. The highest BCUT2D eigenvalue weighted by atomic mass is 15.2. The lowest BCUT2D eigenvalue weighted by Gasteiger charge is -2.25. The highest BCUT2D eigenvalue weighted by molar-refractivity contribution is 5.46. The van der Waals surface area contributed by atoms with E-state index >= 15 is 0 Å². The molecule has 0 aliphatic carbocycles. The summed E-state index contributed by atoms with van der Waals surface area (Å²) in [7, 11) is 1.97. The molecular formula is C14H23N3. The quantitative estimate of drug-likeness (QED) is 0.866. The lowest BCUT2D eigenvalue weighted by molar-refractivity contribution is 0.628. The van der Waals surface area contributed by atoms with Crippen LogP contribution >= 0.6 is 0 Å². The molecule has 0 radical (unpaired) electrons. The Morgan fingerprint density at radius 1 is 1.53 bits per heavy atom. The SMILES string of the molecule is CCC1CCCN1c1ccc(C(C)NC)nc1. The minimum Gasteiger partial charge on any atom is -0.367 e. The molecule has 2 heterocycles. The number of rotatable bonds is 4. The van der Waals surface area contributed by atoms with Gasteiger partial charge in [-0.2, -0.15) is 0 Å². The van der Waals surface area contributed by atoms with Gasteiger partial charge in [-0.1, -0.05) is 6.92 Å². The second kappa shape index (κ2) is 5.50. The van der Waals surface area contributed by atoms with Gasteiger partial charge >= 0.3 is 0 Å². The molecule has 2 unspecified atom stereocenters. The van der Waals surface area contributed by atoms with Gasteiger partial charge < -0.3 is 10.2 Å². The normalized spacial score (nSPS) is 21.8. The highest BCUT2D eigenvalue weighted by Crippen LogP contribution is 2.27. The van der Waals surface area contributed by atoms with Crippen molar-refractivity contribution in [1.82, 2.24) is 10.3 Å². The second-order valence-electron chi connectivity index (χ2n) is 4.85. The molecule has 3 heteroatoms. The van der Waals surface area contributed by atoms with E-state index in [1.807, 2.05) is 13.2 Å². The smallest absolute Gasteiger partial charge is 0.0571 e. The molecule has 1 N–H and O–H groups in total. The Kier molecular flexibility index (Phi) is 4.00. The lowest BCUT2D eigenvalue weighted by Crippen LogP contribution is -2.28. The maximum atomic E-state index is 4.56. The van der Waals surface area contributed by atoms with Crippen LogP contribution in [0.15, 0.2) is 18.3 Å². The van der Waals surface area contributed by atoms with Gasteiger partial charge in [0.2, 0.25) is 0 Å². The fourth-order valence-corrected chi connectivity index (χ4v) is 2.57. The predicted octanol–water partition coefficient (Wildman–Crippen LogP) is 2.74. The van der Waals surface area contributed by atoms with Crippen LogP contribution in [-0.4, -0.2) is 24.6 Å². The summed E-state index contributed by atoms with van der Waals surface area (Å²) in [6, 6.07) is 5.39. The van der Waals surface area contributed by atoms with Gasteiger partial charge in [0.15, 0.2) is 0 Å². The topological polar surface area (TPSA) is 28.2 Å². The molecular weight excluding hydrogens is 210 g/mol. The molecule has 3 nitrogen and oxygen atoms in total. The van der Waals surface area contributed by atoms with E-state index in [-0.39, 0.29) is 0 Å². The zero-order valence-corrected chi connectivity index (χ0v) is 11.1. The van der Waals surface area contributed by atoms with Crippen LogP contribution < -0.4 is 10.2 Å². The van der Waals surface area contributed by atoms with Crippen LogP contribution in [0.4, 0.5) is 5.69 Å². The predicted molar refractivity (Wildman–Crippen MR) is 72.4 cm³/mol. The fourth-order valence-electron chi connectivity index (χ4n) is 2.57. The van der Waals surface area contributed by atoms with Gasteiger partial charge in [-0.25, -0.2) is 0 Å². The van der Waals surface area contributed by atoms with Gasteiger partial charge in [0.25, 0.3) is 0 Å². The van der Waals surface area contributed by atoms with E-state index in [0.717, 1.165) is 5.69 Å². The van der Waals surface area contributed by atoms with E-state index in [2.05, 4.69) is 41.2 Å². The number of nitrogens with one attached hydrogen (secondary N) is 1. The number of anilines is 1. The standard InChI is InChI=1S/C14H23N3/c1-4-12-6-5-9-17(12)13-7-8-14(16-10-13)11(2)15-3/h7-8,10-12,15H,4-6,9H2,1-3H3. The van der Waals surface area contributed by atoms with Crippen molar-refractivity contribution in [2.45, 2.75) is 45.2 Å². The maximum absolute atomic E-state index is 4.56. The van der Waals surface area contributed by atoms with E-state index in [4.69, 9.17) is 0 Å². The minimum atomic E-state index is 0.324. The third-order valence-corrected chi connectivity index (χ3v) is 3.83. The molecule has 0 amide bonds. The molecule has 94 valence electrons. The van der Waals surface area contributed by atoms with Crippen LogP contribution in [0.25, 0.3) is 0 Å². The van der Waals surface area contributed by atoms with Crippen LogP contribution in [0, 0.1) is 0 Å². The molecule has 1 aliphatic heterocycles. The number of nitrogens with zero attached hydrogens (tertiary/aromatic N) is 2. The van der Waals surface area contributed by atoms with Crippen molar-refractivity contribution < 1.29 is 0 Å². The number of hydrogen-bond donors (Lipinski definition) is 1. The Bertz CT molecular complexity index is 347. The first-order valence-corrected chi connectivity index (χ1v) is 6.66. The Morgan fingerprint density at radius 2 is 2.35 bits per heavy atom. The lowest BCUT2D eigenvalue weighted by atomic mass is 10.1. The summed E-state index contributed by atoms with van der Waals surface area (Å²) in [5.74, 6) is 0. The van der Waals surface area contributed by atoms with E-state index in [9.17, 15) is 0 Å². The first-order valence-electron chi connectivity index (χ1n) is 6.66. The Morgan fingerprint density at radius 3 is 2.94 bits per heavy atom. The van der Waals surface area contributed by atoms with Crippen molar-refractivity contribution in [3.8, 4) is 0 Å². The largest absolute Gasteiger partial charge is 0.367 e. The highest BCUT2D eigenvalue weighted by Gasteiger charge is 2.23. The van der Waals surface area contributed by atoms with Crippen LogP contribution in [0.3, 0.4) is 0 Å². The van der Waals surface area contributed by atoms with Crippen molar-refractivity contribution in [2.24, 2.45) is 0 Å². The van der Waals surface area contributed by atoms with E-state index in [1.54, 1.807) is 0 Å². The molecule has 2 rings (SSSR count). The van der Waals surface area contributed by atoms with Crippen LogP contribution in [0.2, 0.25) is 0 Å². The fraction of sp³-hybridized carbons (Fsp3) is 0.643. The molecule has 0 spiro atoms. The van der Waals surface area contributed by atoms with Crippen molar-refractivity contribution in [2.75, 3.05) is 18.5 Å². The Balaban J connectivity index is 2.12. The molecule has 0 saturated carbocycles. The average Bonchev–Trinajstić information content (AvgIpc) is 2.86. The monoisotopic (exact) mass is 233 g/mol. The molecule has 1 aliphatic rings. The van der Waals surface area contributed by atoms with Gasteiger partial charge in [0.1, 0.15) is 0 Å². The molecule has 0 bridgehead atoms. The zero-order valence-electron chi connectivity index (χ0n) is 11.1. The molecule has 1 aromatic rings. The van der Waals surface area contributed by atoms with Crippen LogP contribution in [0.5, 0.6) is 0 Å². The van der Waals surface area contributed by atoms with E-state index < -0.39 is 0 Å². The summed E-state index contributed by atoms with van der Waals surface area (Å²) >= 11 is 0. The van der Waals surface area contributed by atoms with Gasteiger partial charge in [0.05, 0.1) is 17.6 Å². The van der Waals surface area contributed by atoms with Crippen LogP contribution in [-0.2, 0) is 0 Å². The number of hydrogen-bond acceptors (Lipinski definition) is 3. The van der Waals surface area contributed by atoms with E-state index in [1.165, 1.54) is 31.5 Å². The maximum Gasteiger partial charge on any atom is 0.0571 e. The minimum absolute atomic E-state index is 0.324. The summed E-state index contributed by atoms with van der Waals surface area (Å²) in [4.78, 5) is 7.06. The van der Waals surface area contributed by atoms with Crippen LogP contribution in [0.1, 0.15) is 44.8 Å². The van der Waals surface area contributed by atoms with Crippen molar-refractivity contribution in [3.63, 3.8) is 0 Å². The number of aromatic nitrogens is 1. The van der Waals surface area contributed by atoms with Crippen molar-refractivity contribution in [3.05, 3.63) is 24.0 Å². The second-order valence-corrected chi connectivity index (χ2v) is 4.85. The molecule has 1 saturated heterocycles. The van der Waals surface area contributed by atoms with Crippen molar-refractivity contribution in [1.29, 1.82) is 0 Å². The molecule has 0 aromatic carbocycles. The molecule has 1 fully saturated rings. The summed E-state index contributed by atoms with van der Waals surface area (Å²) in [5.41, 5.74) is 2.39. The molecule has 17 heavy (non-hydrogen) atoms. The Labute approximate surface area is 104 Å². The number of pyridine rings is 1. The van der Waals surface area contributed by atoms with Gasteiger partial charge in [0, 0.05) is 18.6 Å². The first kappa shape index (κ1) is 12.4. The zero-order chi connectivity index (χ0) is 12.3. The third-order valence-electron chi connectivity index (χ3n) is 3.83. The Hall–Kier alpha value is -1.09. The van der Waals surface area contributed by atoms with Crippen molar-refractivity contribution >= 4 is 5.69 Å². The molecule has 1 aromatic heterocycles. The first-order chi connectivity index (χ1) is 8.26. The van der Waals surface area contributed by atoms with Gasteiger partial charge in [-0.15, -0.1) is 0 Å². The summed E-state index contributed by atoms with van der Waals surface area (Å²) in [5, 5.41) is 3.21. The van der Waals surface area contributed by atoms with E-state index in [0.29, 0.717) is 12.1 Å². The third kappa shape index (κ3) is 2.60. The summed E-state index contributed by atoms with van der Waals surface area (Å²) in [6.07, 6.45) is 5.89. The van der Waals surface area contributed by atoms with Gasteiger partial charge in [-0.05, 0) is 45.4 Å². The van der Waals surface area contributed by atoms with Gasteiger partial charge in [-0.3, -0.25) is 4.98 Å². The average molecular weight is 233 g/mol. The summed E-state index contributed by atoms with van der Waals surface area (Å²) < 4.78 is 0. The molecule has 2 atom stereocenters.